The van der Waals surface area contributed by atoms with Gasteiger partial charge in [-0.2, -0.15) is 0 Å². The summed E-state index contributed by atoms with van der Waals surface area (Å²) in [6, 6.07) is -0.132. The Labute approximate surface area is 149 Å². The molecule has 0 bridgehead atoms. The maximum atomic E-state index is 12.7. The molecule has 5 nitrogen and oxygen atoms in total. The Balaban J connectivity index is 2.23. The second kappa shape index (κ2) is 6.18. The summed E-state index contributed by atoms with van der Waals surface area (Å²) < 4.78 is 6.40. The highest BCUT2D eigenvalue weighted by Crippen LogP contribution is 2.51. The van der Waals surface area contributed by atoms with Crippen molar-refractivity contribution in [2.45, 2.75) is 64.9 Å². The van der Waals surface area contributed by atoms with Crippen LogP contribution in [0, 0.1) is 11.8 Å². The Morgan fingerprint density at radius 1 is 1.38 bits per heavy atom. The van der Waals surface area contributed by atoms with Gasteiger partial charge in [-0.05, 0) is 31.3 Å². The molecule has 7 heteroatoms. The van der Waals surface area contributed by atoms with E-state index in [2.05, 4.69) is 33.9 Å². The molecule has 4 atom stereocenters. The van der Waals surface area contributed by atoms with Crippen molar-refractivity contribution in [1.29, 1.82) is 0 Å². The predicted octanol–water partition coefficient (Wildman–Crippen LogP) is 2.20. The first-order valence-electron chi connectivity index (χ1n) is 8.35. The van der Waals surface area contributed by atoms with E-state index in [0.717, 1.165) is 4.91 Å². The fourth-order valence-electron chi connectivity index (χ4n) is 3.49. The van der Waals surface area contributed by atoms with Gasteiger partial charge in [0.25, 0.3) is 0 Å². The number of carboxylic acid groups (broad SMARTS) is 1. The van der Waals surface area contributed by atoms with E-state index in [1.807, 2.05) is 20.1 Å². The van der Waals surface area contributed by atoms with E-state index in [-0.39, 0.29) is 40.6 Å². The predicted molar refractivity (Wildman–Crippen MR) is 96.6 cm³/mol. The summed E-state index contributed by atoms with van der Waals surface area (Å²) in [6.07, 6.45) is 1.63. The van der Waals surface area contributed by atoms with Gasteiger partial charge in [0.2, 0.25) is 5.91 Å². The highest BCUT2D eigenvalue weighted by Gasteiger charge is 2.59. The van der Waals surface area contributed by atoms with Crippen molar-refractivity contribution in [3.8, 4) is 0 Å². The zero-order valence-electron chi connectivity index (χ0n) is 15.8. The van der Waals surface area contributed by atoms with Crippen molar-refractivity contribution < 1.29 is 19.1 Å². The molecule has 2 heterocycles. The van der Waals surface area contributed by atoms with Crippen molar-refractivity contribution >= 4 is 32.0 Å². The number of aliphatic carboxylic acids is 1. The molecule has 1 fully saturated rings. The lowest BCUT2D eigenvalue weighted by atomic mass is 9.79. The van der Waals surface area contributed by atoms with E-state index >= 15 is 0 Å². The number of amides is 1. The van der Waals surface area contributed by atoms with Crippen LogP contribution < -0.4 is 5.11 Å². The highest BCUT2D eigenvalue weighted by atomic mass is 32.2. The molecule has 0 aliphatic carbocycles. The summed E-state index contributed by atoms with van der Waals surface area (Å²) in [6.45, 7) is 14.8. The van der Waals surface area contributed by atoms with Gasteiger partial charge in [0.05, 0.1) is 29.7 Å². The van der Waals surface area contributed by atoms with Crippen LogP contribution in [0.25, 0.3) is 0 Å². The number of thioether (sulfide) groups is 1. The maximum Gasteiger partial charge on any atom is 0.235 e. The first-order chi connectivity index (χ1) is 10.8. The van der Waals surface area contributed by atoms with E-state index in [9.17, 15) is 14.7 Å². The second-order valence-electron chi connectivity index (χ2n) is 8.30. The minimum Gasteiger partial charge on any atom is -0.543 e. The van der Waals surface area contributed by atoms with Gasteiger partial charge in [-0.15, -0.1) is 11.8 Å². The lowest BCUT2D eigenvalue weighted by Crippen LogP contribution is -2.65. The zero-order chi connectivity index (χ0) is 18.6. The molecule has 0 aromatic carbocycles. The van der Waals surface area contributed by atoms with Gasteiger partial charge < -0.3 is 19.2 Å². The van der Waals surface area contributed by atoms with Gasteiger partial charge in [0.1, 0.15) is 0 Å². The van der Waals surface area contributed by atoms with Crippen LogP contribution in [0.15, 0.2) is 10.6 Å². The molecule has 0 aromatic heterocycles. The summed E-state index contributed by atoms with van der Waals surface area (Å²) in [5, 5.41) is 11.6. The fourth-order valence-corrected chi connectivity index (χ4v) is 5.81. The molecule has 0 radical (unpaired) electrons. The SMILES string of the molecule is CSC1=C(C(=O)[O-])N2C(=O)[C@H]([C@@H](C)O[Si](C)(C)C(C)(C)C)[C@H]2[C@H]1C. The second-order valence-corrected chi connectivity index (χ2v) is 13.9. The Morgan fingerprint density at radius 3 is 2.33 bits per heavy atom. The molecule has 2 aliphatic rings. The van der Waals surface area contributed by atoms with Crippen LogP contribution in [0.3, 0.4) is 0 Å². The van der Waals surface area contributed by atoms with Crippen LogP contribution in [-0.4, -0.2) is 43.5 Å². The molecule has 2 rings (SSSR count). The quantitative estimate of drug-likeness (QED) is 0.548. The molecule has 24 heavy (non-hydrogen) atoms. The first kappa shape index (κ1) is 19.5. The van der Waals surface area contributed by atoms with Crippen molar-refractivity contribution in [2.24, 2.45) is 11.8 Å². The first-order valence-corrected chi connectivity index (χ1v) is 12.5. The number of nitrogens with zero attached hydrogens (tertiary/aromatic N) is 1. The van der Waals surface area contributed by atoms with Gasteiger partial charge in [-0.3, -0.25) is 4.79 Å². The molecular weight excluding hydrogens is 342 g/mol. The number of carbonyl (C=O) groups is 2. The topological polar surface area (TPSA) is 69.7 Å². The maximum absolute atomic E-state index is 12.7. The fraction of sp³-hybridized carbons (Fsp3) is 0.765. The van der Waals surface area contributed by atoms with Crippen LogP contribution in [0.1, 0.15) is 34.6 Å². The lowest BCUT2D eigenvalue weighted by Gasteiger charge is -2.50. The molecule has 1 saturated heterocycles. The summed E-state index contributed by atoms with van der Waals surface area (Å²) in [4.78, 5) is 26.3. The third-order valence-electron chi connectivity index (χ3n) is 5.79. The number of β-lactam (4-membered cyclic amide) rings is 1. The average Bonchev–Trinajstić information content (AvgIpc) is 2.66. The lowest BCUT2D eigenvalue weighted by molar-refractivity contribution is -0.301. The van der Waals surface area contributed by atoms with Crippen LogP contribution >= 0.6 is 11.8 Å². The summed E-state index contributed by atoms with van der Waals surface area (Å²) in [5.74, 6) is -1.70. The van der Waals surface area contributed by atoms with Crippen LogP contribution in [-0.2, 0) is 14.0 Å². The number of carbonyl (C=O) groups excluding carboxylic acids is 2. The molecule has 0 aromatic rings. The molecule has 1 amide bonds. The average molecular weight is 371 g/mol. The Morgan fingerprint density at radius 2 is 1.92 bits per heavy atom. The smallest absolute Gasteiger partial charge is 0.235 e. The third-order valence-corrected chi connectivity index (χ3v) is 11.4. The van der Waals surface area contributed by atoms with E-state index in [0.29, 0.717) is 0 Å². The summed E-state index contributed by atoms with van der Waals surface area (Å²) in [5.41, 5.74) is 0.0563. The third kappa shape index (κ3) is 2.84. The van der Waals surface area contributed by atoms with E-state index in [1.54, 1.807) is 0 Å². The molecule has 0 saturated carbocycles. The minimum absolute atomic E-state index is 0.000987. The largest absolute Gasteiger partial charge is 0.543 e. The number of fused-ring (bicyclic) bond motifs is 1. The van der Waals surface area contributed by atoms with Crippen molar-refractivity contribution in [3.05, 3.63) is 10.6 Å². The van der Waals surface area contributed by atoms with Crippen molar-refractivity contribution in [3.63, 3.8) is 0 Å². The van der Waals surface area contributed by atoms with E-state index < -0.39 is 14.3 Å². The Kier molecular flexibility index (Phi) is 5.03. The Hall–Kier alpha value is -0.793. The Bertz CT molecular complexity index is 596. The van der Waals surface area contributed by atoms with Gasteiger partial charge >= 0.3 is 0 Å². The summed E-state index contributed by atoms with van der Waals surface area (Å²) in [7, 11) is -1.99. The summed E-state index contributed by atoms with van der Waals surface area (Å²) >= 11 is 1.39. The highest BCUT2D eigenvalue weighted by molar-refractivity contribution is 8.02. The van der Waals surface area contributed by atoms with E-state index in [1.165, 1.54) is 16.7 Å². The number of hydrogen-bond donors (Lipinski definition) is 0. The normalized spacial score (nSPS) is 28.8. The number of rotatable bonds is 5. The molecule has 0 spiro atoms. The van der Waals surface area contributed by atoms with Crippen LogP contribution in [0.5, 0.6) is 0 Å². The zero-order valence-corrected chi connectivity index (χ0v) is 17.6. The monoisotopic (exact) mass is 370 g/mol. The van der Waals surface area contributed by atoms with Crippen molar-refractivity contribution in [1.82, 2.24) is 4.90 Å². The standard InChI is InChI=1S/C17H29NO4SSi/c1-9-12-11(10(2)22-24(7,8)17(3,4)5)15(19)18(12)13(16(20)21)14(9)23-6/h9-12H,1-8H3,(H,20,21)/p-1/t9-,10-,11-,12-/m1/s1. The molecule has 2 aliphatic heterocycles. The molecular formula is C17H28NO4SSi-. The van der Waals surface area contributed by atoms with Gasteiger partial charge in [0, 0.05) is 10.8 Å². The minimum atomic E-state index is -1.99. The number of carboxylic acids is 1. The number of hydrogen-bond acceptors (Lipinski definition) is 5. The van der Waals surface area contributed by atoms with Crippen molar-refractivity contribution in [2.75, 3.05) is 6.26 Å². The van der Waals surface area contributed by atoms with Crippen LogP contribution in [0.2, 0.25) is 18.1 Å². The molecule has 0 N–H and O–H groups in total. The van der Waals surface area contributed by atoms with E-state index in [4.69, 9.17) is 4.43 Å². The van der Waals surface area contributed by atoms with Gasteiger partial charge in [-0.25, -0.2) is 0 Å². The van der Waals surface area contributed by atoms with Gasteiger partial charge in [0.15, 0.2) is 8.32 Å². The molecule has 136 valence electrons. The van der Waals surface area contributed by atoms with Gasteiger partial charge in [-0.1, -0.05) is 27.7 Å². The van der Waals surface area contributed by atoms with Crippen LogP contribution in [0.4, 0.5) is 0 Å². The molecule has 0 unspecified atom stereocenters.